The molecule has 2 aromatic rings. The zero-order valence-corrected chi connectivity index (χ0v) is 12.1. The molecule has 0 radical (unpaired) electrons. The van der Waals surface area contributed by atoms with Crippen molar-refractivity contribution in [1.29, 1.82) is 0 Å². The van der Waals surface area contributed by atoms with Crippen LogP contribution in [0, 0.1) is 5.82 Å². The van der Waals surface area contributed by atoms with Crippen LogP contribution in [0.2, 0.25) is 5.02 Å². The van der Waals surface area contributed by atoms with Gasteiger partial charge in [0, 0.05) is 18.1 Å². The van der Waals surface area contributed by atoms with Gasteiger partial charge in [-0.05, 0) is 37.5 Å². The maximum atomic E-state index is 14.0. The van der Waals surface area contributed by atoms with E-state index in [9.17, 15) is 4.39 Å². The van der Waals surface area contributed by atoms with Gasteiger partial charge in [0.25, 0.3) is 0 Å². The summed E-state index contributed by atoms with van der Waals surface area (Å²) in [5.74, 6) is 0.358. The third-order valence-corrected chi connectivity index (χ3v) is 3.69. The first-order valence-corrected chi connectivity index (χ1v) is 7.23. The van der Waals surface area contributed by atoms with Crippen molar-refractivity contribution in [3.63, 3.8) is 0 Å². The predicted molar refractivity (Wildman–Crippen MR) is 80.7 cm³/mol. The molecule has 1 aliphatic rings. The van der Waals surface area contributed by atoms with Crippen LogP contribution in [0.15, 0.2) is 18.2 Å². The Morgan fingerprint density at radius 1 is 1.10 bits per heavy atom. The van der Waals surface area contributed by atoms with Gasteiger partial charge in [0.1, 0.15) is 5.82 Å². The molecule has 2 heterocycles. The molecule has 0 amide bonds. The fourth-order valence-electron chi connectivity index (χ4n) is 2.41. The quantitative estimate of drug-likeness (QED) is 0.924. The molecule has 0 unspecified atom stereocenters. The van der Waals surface area contributed by atoms with E-state index in [-0.39, 0.29) is 17.3 Å². The number of piperidine rings is 1. The van der Waals surface area contributed by atoms with Crippen LogP contribution in [-0.4, -0.2) is 28.0 Å². The van der Waals surface area contributed by atoms with Gasteiger partial charge in [-0.25, -0.2) is 4.39 Å². The summed E-state index contributed by atoms with van der Waals surface area (Å²) in [6, 6.07) is 4.38. The van der Waals surface area contributed by atoms with Gasteiger partial charge < -0.3 is 10.6 Å². The SMILES string of the molecule is Nc1nc(-c2ccc(Cl)cc2F)nc(N2CCCCC2)n1. The van der Waals surface area contributed by atoms with Gasteiger partial charge in [0.15, 0.2) is 5.82 Å². The van der Waals surface area contributed by atoms with Crippen LogP contribution in [0.5, 0.6) is 0 Å². The molecule has 0 atom stereocenters. The van der Waals surface area contributed by atoms with Crippen molar-refractivity contribution in [1.82, 2.24) is 15.0 Å². The Morgan fingerprint density at radius 3 is 2.57 bits per heavy atom. The number of nitrogen functional groups attached to an aromatic ring is 1. The second-order valence-corrected chi connectivity index (χ2v) is 5.43. The second kappa shape index (κ2) is 5.81. The highest BCUT2D eigenvalue weighted by Gasteiger charge is 2.17. The Morgan fingerprint density at radius 2 is 1.86 bits per heavy atom. The van der Waals surface area contributed by atoms with Crippen molar-refractivity contribution >= 4 is 23.5 Å². The molecule has 1 fully saturated rings. The van der Waals surface area contributed by atoms with Crippen LogP contribution in [0.3, 0.4) is 0 Å². The number of anilines is 2. The third-order valence-electron chi connectivity index (χ3n) is 3.45. The first kappa shape index (κ1) is 14.0. The Bertz CT molecular complexity index is 658. The number of hydrogen-bond donors (Lipinski definition) is 1. The van der Waals surface area contributed by atoms with Crippen LogP contribution in [0.1, 0.15) is 19.3 Å². The van der Waals surface area contributed by atoms with Crippen LogP contribution in [0.4, 0.5) is 16.3 Å². The fourth-order valence-corrected chi connectivity index (χ4v) is 2.57. The Labute approximate surface area is 127 Å². The summed E-state index contributed by atoms with van der Waals surface area (Å²) in [5.41, 5.74) is 6.02. The minimum Gasteiger partial charge on any atom is -0.368 e. The predicted octanol–water partition coefficient (Wildman–Crippen LogP) is 2.90. The van der Waals surface area contributed by atoms with Gasteiger partial charge in [-0.3, -0.25) is 0 Å². The molecule has 0 spiro atoms. The normalized spacial score (nSPS) is 15.2. The Hall–Kier alpha value is -1.95. The van der Waals surface area contributed by atoms with E-state index in [0.29, 0.717) is 11.0 Å². The highest BCUT2D eigenvalue weighted by Crippen LogP contribution is 2.25. The molecule has 0 saturated carbocycles. The van der Waals surface area contributed by atoms with E-state index in [4.69, 9.17) is 17.3 Å². The Balaban J connectivity index is 2.00. The molecule has 2 N–H and O–H groups in total. The fraction of sp³-hybridized carbons (Fsp3) is 0.357. The Kier molecular flexibility index (Phi) is 3.88. The van der Waals surface area contributed by atoms with Crippen LogP contribution >= 0.6 is 11.6 Å². The van der Waals surface area contributed by atoms with Crippen molar-refractivity contribution in [2.45, 2.75) is 19.3 Å². The molecule has 21 heavy (non-hydrogen) atoms. The smallest absolute Gasteiger partial charge is 0.230 e. The van der Waals surface area contributed by atoms with E-state index in [1.165, 1.54) is 12.5 Å². The molecular formula is C14H15ClFN5. The maximum absolute atomic E-state index is 14.0. The molecule has 1 saturated heterocycles. The number of rotatable bonds is 2. The lowest BCUT2D eigenvalue weighted by Crippen LogP contribution is -2.31. The largest absolute Gasteiger partial charge is 0.368 e. The number of hydrogen-bond acceptors (Lipinski definition) is 5. The van der Waals surface area contributed by atoms with E-state index in [2.05, 4.69) is 19.9 Å². The average molecular weight is 308 g/mol. The van der Waals surface area contributed by atoms with E-state index >= 15 is 0 Å². The molecule has 1 aromatic heterocycles. The van der Waals surface area contributed by atoms with E-state index in [0.717, 1.165) is 25.9 Å². The summed E-state index contributed by atoms with van der Waals surface area (Å²) in [6.07, 6.45) is 3.39. The van der Waals surface area contributed by atoms with Crippen molar-refractivity contribution in [2.24, 2.45) is 0 Å². The average Bonchev–Trinajstić information content (AvgIpc) is 2.47. The molecule has 110 valence electrons. The highest BCUT2D eigenvalue weighted by atomic mass is 35.5. The lowest BCUT2D eigenvalue weighted by atomic mass is 10.1. The minimum absolute atomic E-state index is 0.0925. The minimum atomic E-state index is -0.474. The first-order chi connectivity index (χ1) is 10.1. The third kappa shape index (κ3) is 3.05. The molecular weight excluding hydrogens is 293 g/mol. The van der Waals surface area contributed by atoms with E-state index in [1.54, 1.807) is 12.1 Å². The van der Waals surface area contributed by atoms with E-state index in [1.807, 2.05) is 0 Å². The molecule has 1 aliphatic heterocycles. The number of nitrogens with two attached hydrogens (primary N) is 1. The first-order valence-electron chi connectivity index (χ1n) is 6.85. The van der Waals surface area contributed by atoms with Gasteiger partial charge in [-0.15, -0.1) is 0 Å². The zero-order valence-electron chi connectivity index (χ0n) is 11.4. The summed E-state index contributed by atoms with van der Waals surface area (Å²) in [5, 5.41) is 0.328. The number of aromatic nitrogens is 3. The summed E-state index contributed by atoms with van der Waals surface area (Å²) >= 11 is 5.76. The lowest BCUT2D eigenvalue weighted by molar-refractivity contribution is 0.567. The van der Waals surface area contributed by atoms with E-state index < -0.39 is 5.82 Å². The summed E-state index contributed by atoms with van der Waals surface area (Å²) in [7, 11) is 0. The van der Waals surface area contributed by atoms with Gasteiger partial charge in [0.2, 0.25) is 11.9 Å². The topological polar surface area (TPSA) is 67.9 Å². The van der Waals surface area contributed by atoms with Gasteiger partial charge in [-0.1, -0.05) is 11.6 Å². The number of halogens is 2. The molecule has 0 aliphatic carbocycles. The van der Waals surface area contributed by atoms with Crippen LogP contribution in [-0.2, 0) is 0 Å². The highest BCUT2D eigenvalue weighted by molar-refractivity contribution is 6.30. The summed E-state index contributed by atoms with van der Waals surface area (Å²) < 4.78 is 14.0. The van der Waals surface area contributed by atoms with Crippen molar-refractivity contribution in [3.05, 3.63) is 29.0 Å². The number of benzene rings is 1. The zero-order chi connectivity index (χ0) is 14.8. The standard InChI is InChI=1S/C14H15ClFN5/c15-9-4-5-10(11(16)8-9)12-18-13(17)20-14(19-12)21-6-2-1-3-7-21/h4-5,8H,1-3,6-7H2,(H2,17,18,19,20). The molecule has 5 nitrogen and oxygen atoms in total. The lowest BCUT2D eigenvalue weighted by Gasteiger charge is -2.26. The molecule has 7 heteroatoms. The van der Waals surface area contributed by atoms with Crippen molar-refractivity contribution in [3.8, 4) is 11.4 Å². The second-order valence-electron chi connectivity index (χ2n) is 4.99. The molecule has 1 aromatic carbocycles. The van der Waals surface area contributed by atoms with Gasteiger partial charge >= 0.3 is 0 Å². The van der Waals surface area contributed by atoms with Crippen molar-refractivity contribution < 1.29 is 4.39 Å². The molecule has 0 bridgehead atoms. The number of nitrogens with zero attached hydrogens (tertiary/aromatic N) is 4. The van der Waals surface area contributed by atoms with Gasteiger partial charge in [-0.2, -0.15) is 15.0 Å². The van der Waals surface area contributed by atoms with Gasteiger partial charge in [0.05, 0.1) is 5.56 Å². The van der Waals surface area contributed by atoms with Crippen LogP contribution < -0.4 is 10.6 Å². The van der Waals surface area contributed by atoms with Crippen molar-refractivity contribution in [2.75, 3.05) is 23.7 Å². The monoisotopic (exact) mass is 307 g/mol. The molecule has 3 rings (SSSR count). The summed E-state index contributed by atoms with van der Waals surface area (Å²) in [6.45, 7) is 1.76. The maximum Gasteiger partial charge on any atom is 0.230 e. The summed E-state index contributed by atoms with van der Waals surface area (Å²) in [4.78, 5) is 14.6. The van der Waals surface area contributed by atoms with Crippen LogP contribution in [0.25, 0.3) is 11.4 Å².